The first-order chi connectivity index (χ1) is 7.97. The predicted octanol–water partition coefficient (Wildman–Crippen LogP) is 2.17. The molecule has 17 heavy (non-hydrogen) atoms. The average Bonchev–Trinajstić information content (AvgIpc) is 2.60. The van der Waals surface area contributed by atoms with Crippen molar-refractivity contribution in [1.82, 2.24) is 4.90 Å². The first kappa shape index (κ1) is 14.6. The van der Waals surface area contributed by atoms with E-state index in [1.165, 1.54) is 4.88 Å². The second kappa shape index (κ2) is 7.10. The first-order valence-electron chi connectivity index (χ1n) is 5.30. The van der Waals surface area contributed by atoms with Crippen LogP contribution in [0.25, 0.3) is 0 Å². The van der Waals surface area contributed by atoms with Gasteiger partial charge in [0.05, 0.1) is 9.89 Å². The summed E-state index contributed by atoms with van der Waals surface area (Å²) in [4.78, 5) is 13.6. The molecule has 0 fully saturated rings. The van der Waals surface area contributed by atoms with E-state index in [4.69, 9.17) is 5.11 Å². The van der Waals surface area contributed by atoms with Gasteiger partial charge in [0.25, 0.3) is 0 Å². The van der Waals surface area contributed by atoms with E-state index >= 15 is 0 Å². The summed E-state index contributed by atoms with van der Waals surface area (Å²) in [6.45, 7) is 1.25. The molecule has 96 valence electrons. The number of aliphatic carboxylic acids is 1. The predicted molar refractivity (Wildman–Crippen MR) is 71.2 cm³/mol. The lowest BCUT2D eigenvalue weighted by Gasteiger charge is -2.19. The third-order valence-electron chi connectivity index (χ3n) is 2.27. The van der Waals surface area contributed by atoms with Gasteiger partial charge in [-0.1, -0.05) is 0 Å². The maximum Gasteiger partial charge on any atom is 0.303 e. The Morgan fingerprint density at radius 1 is 1.59 bits per heavy atom. The Labute approximate surface area is 113 Å². The Bertz CT molecular complexity index is 369. The Hall–Kier alpha value is -0.430. The highest BCUT2D eigenvalue weighted by Gasteiger charge is 2.11. The number of hydrogen-bond donors (Lipinski definition) is 2. The van der Waals surface area contributed by atoms with Crippen molar-refractivity contribution in [2.75, 3.05) is 13.6 Å². The van der Waals surface area contributed by atoms with E-state index in [1.54, 1.807) is 11.3 Å². The third-order valence-corrected chi connectivity index (χ3v) is 3.88. The van der Waals surface area contributed by atoms with E-state index in [0.29, 0.717) is 13.0 Å². The molecule has 0 amide bonds. The summed E-state index contributed by atoms with van der Waals surface area (Å²) < 4.78 is 1.09. The fourth-order valence-electron chi connectivity index (χ4n) is 1.51. The van der Waals surface area contributed by atoms with Crippen molar-refractivity contribution in [2.24, 2.45) is 0 Å². The van der Waals surface area contributed by atoms with Crippen LogP contribution in [0.1, 0.15) is 17.7 Å². The minimum absolute atomic E-state index is 0.0134. The number of aliphatic hydroxyl groups excluding tert-OH is 1. The number of carboxylic acids is 1. The van der Waals surface area contributed by atoms with Crippen LogP contribution in [0.15, 0.2) is 15.9 Å². The SMILES string of the molecule is CN(Cc1ccc(Br)s1)CC(O)CCC(=O)O. The van der Waals surface area contributed by atoms with Crippen molar-refractivity contribution >= 4 is 33.2 Å². The topological polar surface area (TPSA) is 60.8 Å². The van der Waals surface area contributed by atoms with Crippen LogP contribution >= 0.6 is 27.3 Å². The lowest BCUT2D eigenvalue weighted by Crippen LogP contribution is -2.28. The monoisotopic (exact) mass is 321 g/mol. The molecule has 6 heteroatoms. The molecule has 0 saturated carbocycles. The van der Waals surface area contributed by atoms with Gasteiger partial charge in [-0.3, -0.25) is 9.69 Å². The van der Waals surface area contributed by atoms with E-state index in [1.807, 2.05) is 24.1 Å². The molecule has 0 aromatic carbocycles. The zero-order chi connectivity index (χ0) is 12.8. The van der Waals surface area contributed by atoms with Gasteiger partial charge in [0.1, 0.15) is 0 Å². The van der Waals surface area contributed by atoms with Crippen molar-refractivity contribution < 1.29 is 15.0 Å². The lowest BCUT2D eigenvalue weighted by atomic mass is 10.2. The number of hydrogen-bond acceptors (Lipinski definition) is 4. The highest BCUT2D eigenvalue weighted by atomic mass is 79.9. The van der Waals surface area contributed by atoms with Gasteiger partial charge in [0.15, 0.2) is 0 Å². The van der Waals surface area contributed by atoms with Gasteiger partial charge < -0.3 is 10.2 Å². The number of halogens is 1. The molecular formula is C11H16BrNO3S. The van der Waals surface area contributed by atoms with Gasteiger partial charge in [-0.25, -0.2) is 0 Å². The number of carbonyl (C=O) groups is 1. The Kier molecular flexibility index (Phi) is 6.11. The molecule has 1 aromatic heterocycles. The molecule has 0 saturated heterocycles. The zero-order valence-electron chi connectivity index (χ0n) is 9.60. The molecule has 0 aliphatic rings. The molecule has 0 aliphatic heterocycles. The van der Waals surface area contributed by atoms with Crippen LogP contribution in [0, 0.1) is 0 Å². The average molecular weight is 322 g/mol. The zero-order valence-corrected chi connectivity index (χ0v) is 12.0. The summed E-state index contributed by atoms with van der Waals surface area (Å²) in [5.41, 5.74) is 0. The fourth-order valence-corrected chi connectivity index (χ4v) is 3.07. The summed E-state index contributed by atoms with van der Waals surface area (Å²) in [6.07, 6.45) is -0.271. The van der Waals surface area contributed by atoms with Crippen LogP contribution in [0.3, 0.4) is 0 Å². The van der Waals surface area contributed by atoms with Crippen molar-refractivity contribution in [2.45, 2.75) is 25.5 Å². The second-order valence-corrected chi connectivity index (χ2v) is 6.54. The number of likely N-dealkylation sites (N-methyl/N-ethyl adjacent to an activating group) is 1. The van der Waals surface area contributed by atoms with E-state index in [9.17, 15) is 9.90 Å². The molecule has 1 rings (SSSR count). The molecule has 2 N–H and O–H groups in total. The minimum Gasteiger partial charge on any atom is -0.481 e. The van der Waals surface area contributed by atoms with Crippen LogP contribution in [-0.2, 0) is 11.3 Å². The number of carboxylic acid groups (broad SMARTS) is 1. The minimum atomic E-state index is -0.867. The van der Waals surface area contributed by atoms with E-state index in [2.05, 4.69) is 15.9 Å². The van der Waals surface area contributed by atoms with Gasteiger partial charge in [0.2, 0.25) is 0 Å². The van der Waals surface area contributed by atoms with Gasteiger partial charge in [-0.05, 0) is 41.5 Å². The number of nitrogens with zero attached hydrogens (tertiary/aromatic N) is 1. The Morgan fingerprint density at radius 2 is 2.29 bits per heavy atom. The highest BCUT2D eigenvalue weighted by Crippen LogP contribution is 2.23. The standard InChI is InChI=1S/C11H16BrNO3S/c1-13(6-8(14)2-5-11(15)16)7-9-3-4-10(12)17-9/h3-4,8,14H,2,5-7H2,1H3,(H,15,16). The van der Waals surface area contributed by atoms with Crippen LogP contribution in [0.2, 0.25) is 0 Å². The van der Waals surface area contributed by atoms with E-state index < -0.39 is 12.1 Å². The van der Waals surface area contributed by atoms with Crippen LogP contribution < -0.4 is 0 Å². The molecule has 0 radical (unpaired) electrons. The maximum absolute atomic E-state index is 10.4. The van der Waals surface area contributed by atoms with Crippen molar-refractivity contribution in [3.8, 4) is 0 Å². The molecule has 4 nitrogen and oxygen atoms in total. The normalized spacial score (nSPS) is 12.9. The molecule has 1 unspecified atom stereocenters. The first-order valence-corrected chi connectivity index (χ1v) is 6.91. The van der Waals surface area contributed by atoms with Gasteiger partial charge in [-0.2, -0.15) is 0 Å². The largest absolute Gasteiger partial charge is 0.481 e. The molecule has 1 aromatic rings. The lowest BCUT2D eigenvalue weighted by molar-refractivity contribution is -0.137. The van der Waals surface area contributed by atoms with Crippen molar-refractivity contribution in [1.29, 1.82) is 0 Å². The molecule has 0 bridgehead atoms. The quantitative estimate of drug-likeness (QED) is 0.808. The smallest absolute Gasteiger partial charge is 0.303 e. The molecule has 0 spiro atoms. The van der Waals surface area contributed by atoms with E-state index in [0.717, 1.165) is 10.3 Å². The summed E-state index contributed by atoms with van der Waals surface area (Å²) in [5, 5.41) is 18.1. The Balaban J connectivity index is 2.28. The number of thiophene rings is 1. The van der Waals surface area contributed by atoms with Gasteiger partial charge in [-0.15, -0.1) is 11.3 Å². The Morgan fingerprint density at radius 3 is 2.82 bits per heavy atom. The molecular weight excluding hydrogens is 306 g/mol. The summed E-state index contributed by atoms with van der Waals surface area (Å²) in [5.74, 6) is -0.867. The van der Waals surface area contributed by atoms with Crippen LogP contribution in [-0.4, -0.2) is 40.8 Å². The van der Waals surface area contributed by atoms with Gasteiger partial charge in [0, 0.05) is 24.4 Å². The van der Waals surface area contributed by atoms with Crippen molar-refractivity contribution in [3.63, 3.8) is 0 Å². The van der Waals surface area contributed by atoms with Crippen LogP contribution in [0.5, 0.6) is 0 Å². The number of aliphatic hydroxyl groups is 1. The molecule has 0 aliphatic carbocycles. The van der Waals surface area contributed by atoms with Crippen LogP contribution in [0.4, 0.5) is 0 Å². The maximum atomic E-state index is 10.4. The van der Waals surface area contributed by atoms with E-state index in [-0.39, 0.29) is 6.42 Å². The van der Waals surface area contributed by atoms with Crippen molar-refractivity contribution in [3.05, 3.63) is 20.8 Å². The third kappa shape index (κ3) is 6.16. The second-order valence-electron chi connectivity index (χ2n) is 3.99. The number of rotatable bonds is 7. The molecule has 1 atom stereocenters. The molecule has 1 heterocycles. The fraction of sp³-hybridized carbons (Fsp3) is 0.545. The summed E-state index contributed by atoms with van der Waals surface area (Å²) in [6, 6.07) is 4.03. The summed E-state index contributed by atoms with van der Waals surface area (Å²) in [7, 11) is 1.91. The highest BCUT2D eigenvalue weighted by molar-refractivity contribution is 9.11. The summed E-state index contributed by atoms with van der Waals surface area (Å²) >= 11 is 5.06. The van der Waals surface area contributed by atoms with Gasteiger partial charge >= 0.3 is 5.97 Å².